The molecule has 1 heterocycles. The Balaban J connectivity index is 2.92. The maximum atomic E-state index is 12.4. The number of methoxy groups -OCH3 is 1. The van der Waals surface area contributed by atoms with Crippen LogP contribution in [-0.4, -0.2) is 35.8 Å². The Kier molecular flexibility index (Phi) is 6.52. The van der Waals surface area contributed by atoms with Crippen LogP contribution in [0.3, 0.4) is 0 Å². The fraction of sp³-hybridized carbons (Fsp3) is 0.667. The molecule has 0 amide bonds. The van der Waals surface area contributed by atoms with Crippen LogP contribution in [0.5, 0.6) is 0 Å². The molecular formula is C12H20BrN3O2. The van der Waals surface area contributed by atoms with Gasteiger partial charge in [0.1, 0.15) is 5.69 Å². The third kappa shape index (κ3) is 3.63. The van der Waals surface area contributed by atoms with Crippen molar-refractivity contribution in [2.45, 2.75) is 26.3 Å². The monoisotopic (exact) mass is 317 g/mol. The van der Waals surface area contributed by atoms with Gasteiger partial charge in [0.05, 0.1) is 23.8 Å². The summed E-state index contributed by atoms with van der Waals surface area (Å²) in [6, 6.07) is 0. The lowest BCUT2D eigenvalue weighted by Gasteiger charge is -2.14. The average Bonchev–Trinajstić information content (AvgIpc) is 2.73. The second-order valence-corrected chi connectivity index (χ2v) is 5.00. The molecule has 0 aliphatic heterocycles. The minimum absolute atomic E-state index is 0.0554. The summed E-state index contributed by atoms with van der Waals surface area (Å²) in [6.07, 6.45) is 3.39. The van der Waals surface area contributed by atoms with Gasteiger partial charge in [0.15, 0.2) is 5.78 Å². The van der Waals surface area contributed by atoms with E-state index in [4.69, 9.17) is 10.5 Å². The van der Waals surface area contributed by atoms with Crippen LogP contribution in [0.1, 0.15) is 30.3 Å². The van der Waals surface area contributed by atoms with Crippen molar-refractivity contribution in [3.05, 3.63) is 16.4 Å². The van der Waals surface area contributed by atoms with E-state index in [1.807, 2.05) is 6.92 Å². The largest absolute Gasteiger partial charge is 0.383 e. The summed E-state index contributed by atoms with van der Waals surface area (Å²) in [7, 11) is 1.62. The lowest BCUT2D eigenvalue weighted by atomic mass is 9.96. The van der Waals surface area contributed by atoms with E-state index in [9.17, 15) is 4.79 Å². The number of hydrogen-bond donors (Lipinski definition) is 1. The van der Waals surface area contributed by atoms with Crippen LogP contribution in [0.15, 0.2) is 10.7 Å². The minimum atomic E-state index is -0.135. The fourth-order valence-electron chi connectivity index (χ4n) is 1.85. The summed E-state index contributed by atoms with van der Waals surface area (Å²) >= 11 is 3.37. The summed E-state index contributed by atoms with van der Waals surface area (Å²) in [5.41, 5.74) is 6.27. The van der Waals surface area contributed by atoms with Crippen molar-refractivity contribution in [2.75, 3.05) is 20.3 Å². The quantitative estimate of drug-likeness (QED) is 0.743. The SMILES string of the molecule is CCCC(CN)C(=O)c1c(Br)cnn1CCOC. The molecule has 0 fully saturated rings. The van der Waals surface area contributed by atoms with Gasteiger partial charge in [-0.05, 0) is 22.4 Å². The molecule has 1 aromatic heterocycles. The Hall–Kier alpha value is -0.720. The fourth-order valence-corrected chi connectivity index (χ4v) is 2.34. The van der Waals surface area contributed by atoms with Gasteiger partial charge in [0, 0.05) is 19.6 Å². The van der Waals surface area contributed by atoms with Crippen LogP contribution in [0.25, 0.3) is 0 Å². The van der Waals surface area contributed by atoms with Crippen molar-refractivity contribution in [2.24, 2.45) is 11.7 Å². The van der Waals surface area contributed by atoms with Crippen molar-refractivity contribution >= 4 is 21.7 Å². The molecule has 1 aromatic rings. The van der Waals surface area contributed by atoms with E-state index >= 15 is 0 Å². The first-order valence-electron chi connectivity index (χ1n) is 6.10. The van der Waals surface area contributed by atoms with Crippen LogP contribution in [-0.2, 0) is 11.3 Å². The van der Waals surface area contributed by atoms with E-state index in [0.717, 1.165) is 17.3 Å². The van der Waals surface area contributed by atoms with E-state index in [2.05, 4.69) is 21.0 Å². The molecule has 0 saturated heterocycles. The number of ether oxygens (including phenoxy) is 1. The number of hydrogen-bond acceptors (Lipinski definition) is 4. The predicted octanol–water partition coefficient (Wildman–Crippen LogP) is 1.85. The number of nitrogens with zero attached hydrogens (tertiary/aromatic N) is 2. The maximum Gasteiger partial charge on any atom is 0.186 e. The second-order valence-electron chi connectivity index (χ2n) is 4.14. The molecule has 6 heteroatoms. The molecule has 1 rings (SSSR count). The summed E-state index contributed by atoms with van der Waals surface area (Å²) in [5, 5.41) is 4.18. The molecule has 102 valence electrons. The molecule has 0 saturated carbocycles. The van der Waals surface area contributed by atoms with E-state index in [0.29, 0.717) is 25.4 Å². The van der Waals surface area contributed by atoms with Crippen LogP contribution < -0.4 is 5.73 Å². The van der Waals surface area contributed by atoms with E-state index in [1.165, 1.54) is 0 Å². The average molecular weight is 318 g/mol. The van der Waals surface area contributed by atoms with Crippen molar-refractivity contribution in [3.63, 3.8) is 0 Å². The highest BCUT2D eigenvalue weighted by Gasteiger charge is 2.24. The molecule has 18 heavy (non-hydrogen) atoms. The first-order chi connectivity index (χ1) is 8.65. The predicted molar refractivity (Wildman–Crippen MR) is 73.6 cm³/mol. The molecule has 5 nitrogen and oxygen atoms in total. The van der Waals surface area contributed by atoms with Gasteiger partial charge in [0.2, 0.25) is 0 Å². The molecule has 1 unspecified atom stereocenters. The molecule has 0 aromatic carbocycles. The Morgan fingerprint density at radius 3 is 2.94 bits per heavy atom. The van der Waals surface area contributed by atoms with Gasteiger partial charge in [0.25, 0.3) is 0 Å². The molecular weight excluding hydrogens is 298 g/mol. The normalized spacial score (nSPS) is 12.7. The maximum absolute atomic E-state index is 12.4. The standard InChI is InChI=1S/C12H20BrN3O2/c1-3-4-9(7-14)12(17)11-10(13)8-15-16(11)5-6-18-2/h8-9H,3-7,14H2,1-2H3. The van der Waals surface area contributed by atoms with Crippen LogP contribution in [0.2, 0.25) is 0 Å². The zero-order valence-corrected chi connectivity index (χ0v) is 12.4. The summed E-state index contributed by atoms with van der Waals surface area (Å²) in [4.78, 5) is 12.4. The van der Waals surface area contributed by atoms with Gasteiger partial charge in [-0.15, -0.1) is 0 Å². The van der Waals surface area contributed by atoms with Crippen molar-refractivity contribution in [3.8, 4) is 0 Å². The molecule has 0 spiro atoms. The Labute approximate surface area is 116 Å². The zero-order chi connectivity index (χ0) is 13.5. The smallest absolute Gasteiger partial charge is 0.186 e. The molecule has 0 aliphatic rings. The Morgan fingerprint density at radius 1 is 1.67 bits per heavy atom. The van der Waals surface area contributed by atoms with Gasteiger partial charge >= 0.3 is 0 Å². The summed E-state index contributed by atoms with van der Waals surface area (Å²) in [6.45, 7) is 3.50. The van der Waals surface area contributed by atoms with E-state index in [-0.39, 0.29) is 11.7 Å². The topological polar surface area (TPSA) is 70.1 Å². The summed E-state index contributed by atoms with van der Waals surface area (Å²) in [5.74, 6) is -0.0795. The van der Waals surface area contributed by atoms with Gasteiger partial charge < -0.3 is 10.5 Å². The number of halogens is 1. The zero-order valence-electron chi connectivity index (χ0n) is 10.9. The van der Waals surface area contributed by atoms with Gasteiger partial charge in [-0.25, -0.2) is 0 Å². The molecule has 0 aliphatic carbocycles. The highest BCUT2D eigenvalue weighted by Crippen LogP contribution is 2.21. The number of ketones is 1. The van der Waals surface area contributed by atoms with Crippen LogP contribution >= 0.6 is 15.9 Å². The second kappa shape index (κ2) is 7.66. The van der Waals surface area contributed by atoms with Gasteiger partial charge in [-0.3, -0.25) is 9.48 Å². The summed E-state index contributed by atoms with van der Waals surface area (Å²) < 4.78 is 7.41. The molecule has 0 radical (unpaired) electrons. The number of carbonyl (C=O) groups is 1. The first-order valence-corrected chi connectivity index (χ1v) is 6.89. The van der Waals surface area contributed by atoms with Crippen molar-refractivity contribution in [1.82, 2.24) is 9.78 Å². The van der Waals surface area contributed by atoms with Crippen molar-refractivity contribution < 1.29 is 9.53 Å². The lowest BCUT2D eigenvalue weighted by Crippen LogP contribution is -2.26. The van der Waals surface area contributed by atoms with E-state index in [1.54, 1.807) is 18.0 Å². The number of aromatic nitrogens is 2. The van der Waals surface area contributed by atoms with Crippen LogP contribution in [0.4, 0.5) is 0 Å². The van der Waals surface area contributed by atoms with Gasteiger partial charge in [-0.1, -0.05) is 13.3 Å². The highest BCUT2D eigenvalue weighted by molar-refractivity contribution is 9.10. The Morgan fingerprint density at radius 2 is 2.39 bits per heavy atom. The van der Waals surface area contributed by atoms with Crippen LogP contribution in [0, 0.1) is 5.92 Å². The molecule has 0 bridgehead atoms. The Bertz CT molecular complexity index is 393. The number of Topliss-reactive ketones (excluding diaryl/α,β-unsaturated/α-hetero) is 1. The molecule has 1 atom stereocenters. The number of carbonyl (C=O) groups excluding carboxylic acids is 1. The lowest BCUT2D eigenvalue weighted by molar-refractivity contribution is 0.0902. The minimum Gasteiger partial charge on any atom is -0.383 e. The first kappa shape index (κ1) is 15.3. The molecule has 2 N–H and O–H groups in total. The third-order valence-electron chi connectivity index (χ3n) is 2.83. The van der Waals surface area contributed by atoms with E-state index < -0.39 is 0 Å². The highest BCUT2D eigenvalue weighted by atomic mass is 79.9. The number of nitrogens with two attached hydrogens (primary N) is 1. The third-order valence-corrected chi connectivity index (χ3v) is 3.41. The van der Waals surface area contributed by atoms with Gasteiger partial charge in [-0.2, -0.15) is 5.10 Å². The number of rotatable bonds is 8. The van der Waals surface area contributed by atoms with Crippen molar-refractivity contribution in [1.29, 1.82) is 0 Å².